The van der Waals surface area contributed by atoms with Gasteiger partial charge < -0.3 is 14.4 Å². The van der Waals surface area contributed by atoms with E-state index in [0.29, 0.717) is 23.4 Å². The molecular formula is C13H16N2O3. The summed E-state index contributed by atoms with van der Waals surface area (Å²) in [6.07, 6.45) is 0.777. The van der Waals surface area contributed by atoms with Crippen molar-refractivity contribution in [3.63, 3.8) is 0 Å². The molecule has 0 bridgehead atoms. The molecule has 5 heteroatoms. The Kier molecular flexibility index (Phi) is 3.50. The normalized spacial score (nSPS) is 10.9. The van der Waals surface area contributed by atoms with E-state index in [9.17, 15) is 5.11 Å². The minimum absolute atomic E-state index is 0.0863. The zero-order chi connectivity index (χ0) is 13.1. The molecule has 0 saturated carbocycles. The summed E-state index contributed by atoms with van der Waals surface area (Å²) < 4.78 is 10.2. The molecule has 0 amide bonds. The molecule has 1 aromatic carbocycles. The Morgan fingerprint density at radius 1 is 1.39 bits per heavy atom. The van der Waals surface area contributed by atoms with Crippen molar-refractivity contribution in [1.29, 1.82) is 0 Å². The highest BCUT2D eigenvalue weighted by Crippen LogP contribution is 2.30. The molecule has 5 nitrogen and oxygen atoms in total. The smallest absolute Gasteiger partial charge is 0.258 e. The van der Waals surface area contributed by atoms with Crippen molar-refractivity contribution in [1.82, 2.24) is 10.1 Å². The van der Waals surface area contributed by atoms with Crippen LogP contribution in [-0.2, 0) is 6.42 Å². The van der Waals surface area contributed by atoms with Crippen LogP contribution in [0.2, 0.25) is 0 Å². The van der Waals surface area contributed by atoms with Crippen molar-refractivity contribution in [3.05, 3.63) is 24.0 Å². The van der Waals surface area contributed by atoms with Crippen LogP contribution in [0.1, 0.15) is 19.7 Å². The lowest BCUT2D eigenvalue weighted by Gasteiger charge is -2.03. The van der Waals surface area contributed by atoms with Gasteiger partial charge in [-0.1, -0.05) is 19.0 Å². The number of phenolic OH excluding ortho intramolecular Hbond substituents is 1. The maximum Gasteiger partial charge on any atom is 0.258 e. The van der Waals surface area contributed by atoms with Crippen molar-refractivity contribution in [2.45, 2.75) is 20.3 Å². The maximum absolute atomic E-state index is 9.51. The second-order valence-electron chi connectivity index (χ2n) is 4.50. The molecule has 0 fully saturated rings. The lowest BCUT2D eigenvalue weighted by molar-refractivity contribution is 0.373. The fourth-order valence-corrected chi connectivity index (χ4v) is 1.63. The van der Waals surface area contributed by atoms with E-state index in [1.807, 2.05) is 0 Å². The van der Waals surface area contributed by atoms with Gasteiger partial charge in [0.05, 0.1) is 7.11 Å². The highest BCUT2D eigenvalue weighted by molar-refractivity contribution is 5.59. The molecule has 0 atom stereocenters. The highest BCUT2D eigenvalue weighted by Gasteiger charge is 2.12. The van der Waals surface area contributed by atoms with Gasteiger partial charge in [-0.05, 0) is 24.1 Å². The summed E-state index contributed by atoms with van der Waals surface area (Å²) in [5.74, 6) is 2.07. The first kappa shape index (κ1) is 12.4. The van der Waals surface area contributed by atoms with Crippen LogP contribution in [0.4, 0.5) is 0 Å². The largest absolute Gasteiger partial charge is 0.504 e. The van der Waals surface area contributed by atoms with Crippen LogP contribution in [0.15, 0.2) is 22.7 Å². The van der Waals surface area contributed by atoms with E-state index in [0.717, 1.165) is 12.0 Å². The van der Waals surface area contributed by atoms with Crippen molar-refractivity contribution in [2.75, 3.05) is 7.11 Å². The van der Waals surface area contributed by atoms with Crippen LogP contribution in [0.5, 0.6) is 11.5 Å². The average molecular weight is 248 g/mol. The van der Waals surface area contributed by atoms with E-state index in [-0.39, 0.29) is 5.75 Å². The number of phenols is 1. The van der Waals surface area contributed by atoms with Crippen LogP contribution in [0.3, 0.4) is 0 Å². The number of nitrogens with zero attached hydrogens (tertiary/aromatic N) is 2. The van der Waals surface area contributed by atoms with E-state index in [1.54, 1.807) is 18.2 Å². The summed E-state index contributed by atoms with van der Waals surface area (Å²) in [4.78, 5) is 4.31. The monoisotopic (exact) mass is 248 g/mol. The number of benzene rings is 1. The predicted octanol–water partition coefficient (Wildman–Crippen LogP) is 2.65. The zero-order valence-corrected chi connectivity index (χ0v) is 10.7. The first-order valence-electron chi connectivity index (χ1n) is 5.80. The van der Waals surface area contributed by atoms with Crippen molar-refractivity contribution < 1.29 is 14.4 Å². The van der Waals surface area contributed by atoms with E-state index >= 15 is 0 Å². The lowest BCUT2D eigenvalue weighted by atomic mass is 10.1. The molecule has 0 aliphatic rings. The Labute approximate surface area is 105 Å². The van der Waals surface area contributed by atoms with Crippen LogP contribution < -0.4 is 4.74 Å². The zero-order valence-electron chi connectivity index (χ0n) is 10.7. The van der Waals surface area contributed by atoms with Gasteiger partial charge in [-0.3, -0.25) is 0 Å². The van der Waals surface area contributed by atoms with Crippen molar-refractivity contribution in [2.24, 2.45) is 5.92 Å². The van der Waals surface area contributed by atoms with Gasteiger partial charge in [0, 0.05) is 12.0 Å². The Morgan fingerprint density at radius 3 is 2.83 bits per heavy atom. The summed E-state index contributed by atoms with van der Waals surface area (Å²) >= 11 is 0. The van der Waals surface area contributed by atoms with Gasteiger partial charge in [0.15, 0.2) is 17.3 Å². The van der Waals surface area contributed by atoms with Gasteiger partial charge in [-0.2, -0.15) is 4.98 Å². The van der Waals surface area contributed by atoms with Gasteiger partial charge >= 0.3 is 0 Å². The number of ether oxygens (including phenoxy) is 1. The lowest BCUT2D eigenvalue weighted by Crippen LogP contribution is -1.95. The molecule has 1 heterocycles. The molecule has 0 aliphatic carbocycles. The number of aromatic hydroxyl groups is 1. The van der Waals surface area contributed by atoms with Gasteiger partial charge in [0.25, 0.3) is 5.89 Å². The average Bonchev–Trinajstić information content (AvgIpc) is 2.77. The summed E-state index contributed by atoms with van der Waals surface area (Å²) in [7, 11) is 1.50. The van der Waals surface area contributed by atoms with Crippen LogP contribution in [0, 0.1) is 5.92 Å². The highest BCUT2D eigenvalue weighted by atomic mass is 16.5. The first-order chi connectivity index (χ1) is 8.60. The quantitative estimate of drug-likeness (QED) is 0.900. The molecule has 0 saturated heterocycles. The molecule has 1 N–H and O–H groups in total. The van der Waals surface area contributed by atoms with E-state index in [4.69, 9.17) is 9.26 Å². The third-order valence-electron chi connectivity index (χ3n) is 2.49. The minimum Gasteiger partial charge on any atom is -0.504 e. The van der Waals surface area contributed by atoms with E-state index in [1.165, 1.54) is 7.11 Å². The molecule has 0 unspecified atom stereocenters. The van der Waals surface area contributed by atoms with Gasteiger partial charge in [0.2, 0.25) is 0 Å². The first-order valence-corrected chi connectivity index (χ1v) is 5.80. The van der Waals surface area contributed by atoms with Gasteiger partial charge in [-0.25, -0.2) is 0 Å². The number of hydrogen-bond acceptors (Lipinski definition) is 5. The number of rotatable bonds is 4. The van der Waals surface area contributed by atoms with E-state index in [2.05, 4.69) is 24.0 Å². The minimum atomic E-state index is 0.0863. The second kappa shape index (κ2) is 5.08. The molecule has 0 radical (unpaired) electrons. The Morgan fingerprint density at radius 2 is 2.17 bits per heavy atom. The van der Waals surface area contributed by atoms with Crippen LogP contribution >= 0.6 is 0 Å². The fourth-order valence-electron chi connectivity index (χ4n) is 1.63. The molecule has 0 aliphatic heterocycles. The number of aromatic nitrogens is 2. The summed E-state index contributed by atoms with van der Waals surface area (Å²) in [6.45, 7) is 4.19. The molecule has 1 aromatic heterocycles. The molecule has 0 spiro atoms. The Balaban J connectivity index is 2.28. The van der Waals surface area contributed by atoms with Crippen LogP contribution in [-0.4, -0.2) is 22.4 Å². The summed E-state index contributed by atoms with van der Waals surface area (Å²) in [5, 5.41) is 13.4. The number of methoxy groups -OCH3 is 1. The predicted molar refractivity (Wildman–Crippen MR) is 66.5 cm³/mol. The molecule has 96 valence electrons. The molecular weight excluding hydrogens is 232 g/mol. The van der Waals surface area contributed by atoms with Crippen LogP contribution in [0.25, 0.3) is 11.5 Å². The fraction of sp³-hybridized carbons (Fsp3) is 0.385. The molecule has 2 rings (SSSR count). The Hall–Kier alpha value is -2.04. The third kappa shape index (κ3) is 2.61. The van der Waals surface area contributed by atoms with E-state index < -0.39 is 0 Å². The molecule has 18 heavy (non-hydrogen) atoms. The summed E-state index contributed by atoms with van der Waals surface area (Å²) in [6, 6.07) is 4.92. The summed E-state index contributed by atoms with van der Waals surface area (Å²) in [5.41, 5.74) is 0.729. The second-order valence-corrected chi connectivity index (χ2v) is 4.50. The molecule has 2 aromatic rings. The topological polar surface area (TPSA) is 68.4 Å². The SMILES string of the molecule is COc1cc(-c2nc(CC(C)C)no2)ccc1O. The van der Waals surface area contributed by atoms with Crippen molar-refractivity contribution in [3.8, 4) is 23.0 Å². The van der Waals surface area contributed by atoms with Crippen molar-refractivity contribution >= 4 is 0 Å². The maximum atomic E-state index is 9.51. The standard InChI is InChI=1S/C13H16N2O3/c1-8(2)6-12-14-13(18-15-12)9-4-5-10(16)11(7-9)17-3/h4-5,7-8,16H,6H2,1-3H3. The number of hydrogen-bond donors (Lipinski definition) is 1. The third-order valence-corrected chi connectivity index (χ3v) is 2.49. The Bertz CT molecular complexity index is 535. The van der Waals surface area contributed by atoms with Gasteiger partial charge in [0.1, 0.15) is 0 Å². The van der Waals surface area contributed by atoms with Gasteiger partial charge in [-0.15, -0.1) is 0 Å².